The number of benzene rings is 3. The van der Waals surface area contributed by atoms with Crippen molar-refractivity contribution >= 4 is 11.0 Å². The van der Waals surface area contributed by atoms with E-state index in [0.717, 1.165) is 50.7 Å². The number of para-hydroxylation sites is 3. The van der Waals surface area contributed by atoms with Gasteiger partial charge in [-0.2, -0.15) is 9.78 Å². The van der Waals surface area contributed by atoms with Gasteiger partial charge in [-0.25, -0.2) is 4.98 Å². The van der Waals surface area contributed by atoms with E-state index < -0.39 is 0 Å². The average Bonchev–Trinajstić information content (AvgIpc) is 3.32. The molecule has 5 nitrogen and oxygen atoms in total. The molecule has 0 radical (unpaired) electrons. The summed E-state index contributed by atoms with van der Waals surface area (Å²) in [7, 11) is 0. The van der Waals surface area contributed by atoms with Crippen molar-refractivity contribution in [2.75, 3.05) is 0 Å². The number of fused-ring (bicyclic) bond motifs is 1. The number of hydrogen-bond acceptors (Lipinski definition) is 3. The van der Waals surface area contributed by atoms with Crippen LogP contribution >= 0.6 is 0 Å². The molecular formula is C25H22N4O. The molecule has 0 saturated carbocycles. The molecule has 0 aliphatic heterocycles. The molecule has 5 rings (SSSR count). The monoisotopic (exact) mass is 394 g/mol. The van der Waals surface area contributed by atoms with E-state index in [1.54, 1.807) is 0 Å². The smallest absolute Gasteiger partial charge is 0.233 e. The summed E-state index contributed by atoms with van der Waals surface area (Å²) in [4.78, 5) is 8.23. The summed E-state index contributed by atoms with van der Waals surface area (Å²) < 4.78 is 8.37. The Morgan fingerprint density at radius 1 is 0.867 bits per heavy atom. The number of aromatic nitrogens is 4. The number of nitrogens with zero attached hydrogens (tertiary/aromatic N) is 3. The molecule has 1 N–H and O–H groups in total. The predicted molar refractivity (Wildman–Crippen MR) is 119 cm³/mol. The molecule has 0 fully saturated rings. The molecule has 5 aromatic rings. The van der Waals surface area contributed by atoms with Crippen LogP contribution in [0.3, 0.4) is 0 Å². The number of rotatable bonds is 4. The van der Waals surface area contributed by atoms with Gasteiger partial charge in [-0.05, 0) is 62.2 Å². The predicted octanol–water partition coefficient (Wildman–Crippen LogP) is 6.13. The third-order valence-electron chi connectivity index (χ3n) is 5.20. The summed E-state index contributed by atoms with van der Waals surface area (Å²) in [6.45, 7) is 6.09. The lowest BCUT2D eigenvalue weighted by Crippen LogP contribution is -2.01. The van der Waals surface area contributed by atoms with Crippen molar-refractivity contribution in [2.45, 2.75) is 20.8 Å². The van der Waals surface area contributed by atoms with E-state index in [1.165, 1.54) is 0 Å². The quantitative estimate of drug-likeness (QED) is 0.399. The summed E-state index contributed by atoms with van der Waals surface area (Å²) in [6.07, 6.45) is 0. The van der Waals surface area contributed by atoms with Crippen LogP contribution in [0, 0.1) is 20.8 Å². The molecule has 2 aromatic heterocycles. The third kappa shape index (κ3) is 3.14. The molecule has 30 heavy (non-hydrogen) atoms. The molecule has 0 unspecified atom stereocenters. The SMILES string of the molecule is Cc1ccc(C)c(Oc2c(-c3nc4ccccc4[nH]3)c(C)nn2-c2ccccc2)c1. The van der Waals surface area contributed by atoms with Crippen LogP contribution in [-0.2, 0) is 0 Å². The van der Waals surface area contributed by atoms with Gasteiger partial charge in [0.1, 0.15) is 17.1 Å². The maximum atomic E-state index is 6.52. The third-order valence-corrected chi connectivity index (χ3v) is 5.20. The highest BCUT2D eigenvalue weighted by Crippen LogP contribution is 2.38. The second-order valence-electron chi connectivity index (χ2n) is 7.49. The molecule has 0 saturated heterocycles. The Morgan fingerprint density at radius 2 is 1.63 bits per heavy atom. The molecule has 0 aliphatic rings. The maximum absolute atomic E-state index is 6.52. The van der Waals surface area contributed by atoms with Gasteiger partial charge in [0.25, 0.3) is 0 Å². The van der Waals surface area contributed by atoms with Crippen LogP contribution in [0.25, 0.3) is 28.1 Å². The van der Waals surface area contributed by atoms with Gasteiger partial charge in [-0.3, -0.25) is 0 Å². The molecule has 0 aliphatic carbocycles. The first-order chi connectivity index (χ1) is 14.6. The molecule has 148 valence electrons. The van der Waals surface area contributed by atoms with E-state index in [9.17, 15) is 0 Å². The number of aromatic amines is 1. The number of H-pyrrole nitrogens is 1. The zero-order valence-electron chi connectivity index (χ0n) is 17.2. The van der Waals surface area contributed by atoms with Crippen LogP contribution in [0.1, 0.15) is 16.8 Å². The number of aryl methyl sites for hydroxylation is 3. The van der Waals surface area contributed by atoms with Crippen molar-refractivity contribution in [3.63, 3.8) is 0 Å². The zero-order valence-corrected chi connectivity index (χ0v) is 17.2. The van der Waals surface area contributed by atoms with Gasteiger partial charge in [0.15, 0.2) is 0 Å². The first kappa shape index (κ1) is 18.2. The molecule has 5 heteroatoms. The van der Waals surface area contributed by atoms with Gasteiger partial charge < -0.3 is 9.72 Å². The van der Waals surface area contributed by atoms with Crippen LogP contribution in [0.2, 0.25) is 0 Å². The van der Waals surface area contributed by atoms with Gasteiger partial charge in [0.2, 0.25) is 5.88 Å². The van der Waals surface area contributed by atoms with Crippen LogP contribution in [0.4, 0.5) is 0 Å². The molecule has 2 heterocycles. The summed E-state index contributed by atoms with van der Waals surface area (Å²) in [5, 5.41) is 4.81. The van der Waals surface area contributed by atoms with Gasteiger partial charge >= 0.3 is 0 Å². The minimum absolute atomic E-state index is 0.645. The summed E-state index contributed by atoms with van der Waals surface area (Å²) in [5.74, 6) is 2.20. The van der Waals surface area contributed by atoms with Crippen molar-refractivity contribution in [1.82, 2.24) is 19.7 Å². The molecule has 0 bridgehead atoms. The molecule has 0 atom stereocenters. The highest BCUT2D eigenvalue weighted by molar-refractivity contribution is 5.81. The molecule has 3 aromatic carbocycles. The number of imidazole rings is 1. The van der Waals surface area contributed by atoms with Gasteiger partial charge in [0.05, 0.1) is 22.4 Å². The van der Waals surface area contributed by atoms with E-state index in [4.69, 9.17) is 14.8 Å². The van der Waals surface area contributed by atoms with Crippen LogP contribution in [0.15, 0.2) is 72.8 Å². The van der Waals surface area contributed by atoms with Crippen molar-refractivity contribution in [3.8, 4) is 28.7 Å². The average molecular weight is 394 g/mol. The summed E-state index contributed by atoms with van der Waals surface area (Å²) in [5.41, 5.74) is 6.74. The van der Waals surface area contributed by atoms with E-state index in [2.05, 4.69) is 30.1 Å². The molecule has 0 amide bonds. The minimum Gasteiger partial charge on any atom is -0.438 e. The van der Waals surface area contributed by atoms with Gasteiger partial charge in [-0.1, -0.05) is 42.5 Å². The summed E-state index contributed by atoms with van der Waals surface area (Å²) >= 11 is 0. The Morgan fingerprint density at radius 3 is 2.43 bits per heavy atom. The summed E-state index contributed by atoms with van der Waals surface area (Å²) in [6, 6.07) is 24.2. The first-order valence-electron chi connectivity index (χ1n) is 9.95. The highest BCUT2D eigenvalue weighted by atomic mass is 16.5. The van der Waals surface area contributed by atoms with Crippen molar-refractivity contribution in [1.29, 1.82) is 0 Å². The Balaban J connectivity index is 1.73. The normalized spacial score (nSPS) is 11.2. The fourth-order valence-electron chi connectivity index (χ4n) is 3.61. The Kier molecular flexibility index (Phi) is 4.36. The van der Waals surface area contributed by atoms with Crippen molar-refractivity contribution in [2.24, 2.45) is 0 Å². The lowest BCUT2D eigenvalue weighted by molar-refractivity contribution is 0.442. The van der Waals surface area contributed by atoms with Gasteiger partial charge in [0, 0.05) is 0 Å². The number of hydrogen-bond donors (Lipinski definition) is 1. The van der Waals surface area contributed by atoms with Crippen molar-refractivity contribution in [3.05, 3.63) is 89.6 Å². The standard InChI is InChI=1S/C25H22N4O/c1-16-13-14-17(2)22(15-16)30-25-23(24-26-20-11-7-8-12-21(20)27-24)18(3)28-29(25)19-9-5-4-6-10-19/h4-15H,1-3H3,(H,26,27). The lowest BCUT2D eigenvalue weighted by atomic mass is 10.1. The van der Waals surface area contributed by atoms with E-state index in [0.29, 0.717) is 5.88 Å². The van der Waals surface area contributed by atoms with Crippen LogP contribution in [-0.4, -0.2) is 19.7 Å². The van der Waals surface area contributed by atoms with E-state index in [1.807, 2.05) is 73.1 Å². The fourth-order valence-corrected chi connectivity index (χ4v) is 3.61. The second kappa shape index (κ2) is 7.19. The Hall–Kier alpha value is -3.86. The molecular weight excluding hydrogens is 372 g/mol. The number of nitrogens with one attached hydrogen (secondary N) is 1. The fraction of sp³-hybridized carbons (Fsp3) is 0.120. The van der Waals surface area contributed by atoms with E-state index >= 15 is 0 Å². The number of ether oxygens (including phenoxy) is 1. The second-order valence-corrected chi connectivity index (χ2v) is 7.49. The largest absolute Gasteiger partial charge is 0.438 e. The Bertz CT molecular complexity index is 1320. The zero-order chi connectivity index (χ0) is 20.7. The van der Waals surface area contributed by atoms with Crippen molar-refractivity contribution < 1.29 is 4.74 Å². The molecule has 0 spiro atoms. The topological polar surface area (TPSA) is 55.7 Å². The maximum Gasteiger partial charge on any atom is 0.233 e. The lowest BCUT2D eigenvalue weighted by Gasteiger charge is -2.13. The Labute approximate surface area is 175 Å². The van der Waals surface area contributed by atoms with Crippen LogP contribution in [0.5, 0.6) is 11.6 Å². The van der Waals surface area contributed by atoms with E-state index in [-0.39, 0.29) is 0 Å². The first-order valence-corrected chi connectivity index (χ1v) is 9.95. The van der Waals surface area contributed by atoms with Gasteiger partial charge in [-0.15, -0.1) is 0 Å². The van der Waals surface area contributed by atoms with Crippen LogP contribution < -0.4 is 4.74 Å². The minimum atomic E-state index is 0.645. The highest BCUT2D eigenvalue weighted by Gasteiger charge is 2.23.